The summed E-state index contributed by atoms with van der Waals surface area (Å²) in [5, 5.41) is 0. The summed E-state index contributed by atoms with van der Waals surface area (Å²) in [7, 11) is 0. The Balaban J connectivity index is 2.13. The van der Waals surface area contributed by atoms with Gasteiger partial charge in [-0.1, -0.05) is 6.07 Å². The molecule has 0 atom stereocenters. The minimum absolute atomic E-state index is 0.362. The molecule has 1 aromatic rings. The smallest absolute Gasteiger partial charge is 0.134 e. The van der Waals surface area contributed by atoms with Crippen molar-refractivity contribution in [3.05, 3.63) is 30.1 Å². The Morgan fingerprint density at radius 2 is 2.18 bits per heavy atom. The van der Waals surface area contributed by atoms with Crippen LogP contribution in [0.2, 0.25) is 0 Å². The highest BCUT2D eigenvalue weighted by atomic mass is 16.1. The van der Waals surface area contributed by atoms with Crippen LogP contribution < -0.4 is 0 Å². The zero-order valence-corrected chi connectivity index (χ0v) is 6.16. The minimum atomic E-state index is 0.362. The van der Waals surface area contributed by atoms with Gasteiger partial charge < -0.3 is 0 Å². The third kappa shape index (κ3) is 1.16. The summed E-state index contributed by atoms with van der Waals surface area (Å²) in [5.74, 6) is 0.768. The summed E-state index contributed by atoms with van der Waals surface area (Å²) < 4.78 is 0. The van der Waals surface area contributed by atoms with Crippen molar-refractivity contribution in [1.82, 2.24) is 4.98 Å². The van der Waals surface area contributed by atoms with Crippen LogP contribution in [0.5, 0.6) is 0 Å². The van der Waals surface area contributed by atoms with Gasteiger partial charge in [-0.05, 0) is 12.1 Å². The molecule has 0 unspecified atom stereocenters. The van der Waals surface area contributed by atoms with E-state index in [1.807, 2.05) is 18.2 Å². The Labute approximate surface area is 65.3 Å². The molecule has 1 aliphatic rings. The fraction of sp³-hybridized carbons (Fsp3) is 0.333. The van der Waals surface area contributed by atoms with E-state index in [1.54, 1.807) is 6.20 Å². The largest absolute Gasteiger partial charge is 0.300 e. The summed E-state index contributed by atoms with van der Waals surface area (Å²) in [6.07, 6.45) is 3.16. The number of nitrogens with zero attached hydrogens (tertiary/aromatic N) is 1. The molecule has 0 radical (unpaired) electrons. The van der Waals surface area contributed by atoms with Gasteiger partial charge in [0.25, 0.3) is 0 Å². The van der Waals surface area contributed by atoms with E-state index < -0.39 is 0 Å². The zero-order chi connectivity index (χ0) is 7.68. The van der Waals surface area contributed by atoms with Gasteiger partial charge in [0.15, 0.2) is 0 Å². The van der Waals surface area contributed by atoms with E-state index in [0.29, 0.717) is 24.5 Å². The van der Waals surface area contributed by atoms with E-state index in [-0.39, 0.29) is 0 Å². The Hall–Kier alpha value is -1.18. The van der Waals surface area contributed by atoms with Crippen molar-refractivity contribution in [2.45, 2.75) is 18.8 Å². The first-order chi connectivity index (χ1) is 5.36. The van der Waals surface area contributed by atoms with Gasteiger partial charge in [-0.15, -0.1) is 0 Å². The highest BCUT2D eigenvalue weighted by molar-refractivity contribution is 5.86. The molecule has 2 heteroatoms. The average molecular weight is 147 g/mol. The summed E-state index contributed by atoms with van der Waals surface area (Å²) in [4.78, 5) is 14.8. The predicted molar refractivity (Wildman–Crippen MR) is 41.2 cm³/mol. The zero-order valence-electron chi connectivity index (χ0n) is 6.16. The summed E-state index contributed by atoms with van der Waals surface area (Å²) in [6.45, 7) is 0. The maximum Gasteiger partial charge on any atom is 0.134 e. The number of carbonyl (C=O) groups is 1. The number of hydrogen-bond donors (Lipinski definition) is 0. The highest BCUT2D eigenvalue weighted by Crippen LogP contribution is 2.31. The molecule has 0 aliphatic heterocycles. The SMILES string of the molecule is O=C1CC(c2ccccn2)C1. The Kier molecular flexibility index (Phi) is 1.46. The lowest BCUT2D eigenvalue weighted by molar-refractivity contribution is -0.124. The fourth-order valence-corrected chi connectivity index (χ4v) is 1.32. The van der Waals surface area contributed by atoms with Gasteiger partial charge in [0.2, 0.25) is 0 Å². The van der Waals surface area contributed by atoms with E-state index in [2.05, 4.69) is 4.98 Å². The quantitative estimate of drug-likeness (QED) is 0.603. The van der Waals surface area contributed by atoms with Gasteiger partial charge in [-0.2, -0.15) is 0 Å². The first-order valence-electron chi connectivity index (χ1n) is 3.79. The van der Waals surface area contributed by atoms with Crippen molar-refractivity contribution in [2.75, 3.05) is 0 Å². The van der Waals surface area contributed by atoms with Crippen molar-refractivity contribution in [2.24, 2.45) is 0 Å². The Morgan fingerprint density at radius 3 is 2.73 bits per heavy atom. The van der Waals surface area contributed by atoms with Gasteiger partial charge >= 0.3 is 0 Å². The van der Waals surface area contributed by atoms with Gasteiger partial charge in [0.05, 0.1) is 0 Å². The summed E-state index contributed by atoms with van der Waals surface area (Å²) in [6, 6.07) is 5.84. The van der Waals surface area contributed by atoms with E-state index in [9.17, 15) is 4.79 Å². The van der Waals surface area contributed by atoms with Crippen molar-refractivity contribution < 1.29 is 4.79 Å². The lowest BCUT2D eigenvalue weighted by Crippen LogP contribution is -2.21. The van der Waals surface area contributed by atoms with Gasteiger partial charge in [0.1, 0.15) is 5.78 Å². The molecule has 1 fully saturated rings. The van der Waals surface area contributed by atoms with Crippen molar-refractivity contribution in [3.63, 3.8) is 0 Å². The van der Waals surface area contributed by atoms with Crippen LogP contribution in [-0.4, -0.2) is 10.8 Å². The molecule has 11 heavy (non-hydrogen) atoms. The Morgan fingerprint density at radius 1 is 1.36 bits per heavy atom. The van der Waals surface area contributed by atoms with Crippen LogP contribution in [0.15, 0.2) is 24.4 Å². The first-order valence-corrected chi connectivity index (χ1v) is 3.79. The molecule has 0 N–H and O–H groups in total. The van der Waals surface area contributed by atoms with Crippen molar-refractivity contribution in [3.8, 4) is 0 Å². The second-order valence-electron chi connectivity index (χ2n) is 2.90. The van der Waals surface area contributed by atoms with Crippen LogP contribution in [0.4, 0.5) is 0 Å². The molecule has 0 amide bonds. The molecule has 2 nitrogen and oxygen atoms in total. The van der Waals surface area contributed by atoms with Crippen LogP contribution >= 0.6 is 0 Å². The molecule has 1 aliphatic carbocycles. The molecule has 0 aromatic carbocycles. The van der Waals surface area contributed by atoms with Crippen molar-refractivity contribution >= 4 is 5.78 Å². The molecule has 2 rings (SSSR count). The number of carbonyl (C=O) groups excluding carboxylic acids is 1. The van der Waals surface area contributed by atoms with E-state index in [4.69, 9.17) is 0 Å². The minimum Gasteiger partial charge on any atom is -0.300 e. The maximum atomic E-state index is 10.7. The van der Waals surface area contributed by atoms with Gasteiger partial charge in [0, 0.05) is 30.7 Å². The third-order valence-electron chi connectivity index (χ3n) is 2.05. The average Bonchev–Trinajstić information content (AvgIpc) is 2.01. The molecule has 1 aromatic heterocycles. The summed E-state index contributed by atoms with van der Waals surface area (Å²) >= 11 is 0. The molecule has 0 spiro atoms. The lowest BCUT2D eigenvalue weighted by Gasteiger charge is -2.22. The van der Waals surface area contributed by atoms with Crippen LogP contribution in [0.3, 0.4) is 0 Å². The fourth-order valence-electron chi connectivity index (χ4n) is 1.32. The maximum absolute atomic E-state index is 10.7. The van der Waals surface area contributed by atoms with Crippen LogP contribution in [-0.2, 0) is 4.79 Å². The summed E-state index contributed by atoms with van der Waals surface area (Å²) in [5.41, 5.74) is 1.06. The van der Waals surface area contributed by atoms with Crippen LogP contribution in [0, 0.1) is 0 Å². The van der Waals surface area contributed by atoms with Gasteiger partial charge in [-0.3, -0.25) is 9.78 Å². The standard InChI is InChI=1S/C9H9NO/c11-8-5-7(6-8)9-3-1-2-4-10-9/h1-4,7H,5-6H2. The lowest BCUT2D eigenvalue weighted by atomic mass is 9.81. The predicted octanol–water partition coefficient (Wildman–Crippen LogP) is 1.53. The molecule has 1 saturated carbocycles. The van der Waals surface area contributed by atoms with Gasteiger partial charge in [-0.25, -0.2) is 0 Å². The second-order valence-corrected chi connectivity index (χ2v) is 2.90. The molecule has 0 bridgehead atoms. The Bertz CT molecular complexity index is 260. The topological polar surface area (TPSA) is 30.0 Å². The number of hydrogen-bond acceptors (Lipinski definition) is 2. The van der Waals surface area contributed by atoms with E-state index in [0.717, 1.165) is 5.69 Å². The number of rotatable bonds is 1. The molecular weight excluding hydrogens is 138 g/mol. The van der Waals surface area contributed by atoms with Crippen LogP contribution in [0.25, 0.3) is 0 Å². The first kappa shape index (κ1) is 6.53. The normalized spacial score (nSPS) is 18.0. The van der Waals surface area contributed by atoms with Crippen LogP contribution in [0.1, 0.15) is 24.5 Å². The van der Waals surface area contributed by atoms with E-state index in [1.165, 1.54) is 0 Å². The monoisotopic (exact) mass is 147 g/mol. The molecule has 56 valence electrons. The van der Waals surface area contributed by atoms with Crippen molar-refractivity contribution in [1.29, 1.82) is 0 Å². The van der Waals surface area contributed by atoms with E-state index >= 15 is 0 Å². The molecule has 0 saturated heterocycles. The number of aromatic nitrogens is 1. The second kappa shape index (κ2) is 2.46. The number of pyridine rings is 1. The number of ketones is 1. The third-order valence-corrected chi connectivity index (χ3v) is 2.05. The molecule has 1 heterocycles. The molecular formula is C9H9NO. The number of Topliss-reactive ketones (excluding diaryl/α,β-unsaturated/α-hetero) is 1. The highest BCUT2D eigenvalue weighted by Gasteiger charge is 2.28.